The van der Waals surface area contributed by atoms with E-state index in [1.807, 2.05) is 37.3 Å². The highest BCUT2D eigenvalue weighted by molar-refractivity contribution is 7.92. The number of carbonyl (C=O) groups excluding carboxylic acids is 2. The molecule has 3 aromatic rings. The lowest BCUT2D eigenvalue weighted by atomic mass is 10.1. The predicted octanol–water partition coefficient (Wildman–Crippen LogP) is 3.88. The van der Waals surface area contributed by atoms with Crippen LogP contribution in [0.15, 0.2) is 89.8 Å². The number of hydrogen-bond acceptors (Lipinski definition) is 5. The first-order valence-corrected chi connectivity index (χ1v) is 14.0. The van der Waals surface area contributed by atoms with Crippen LogP contribution in [0.2, 0.25) is 0 Å². The molecule has 0 saturated heterocycles. The molecule has 202 valence electrons. The molecule has 0 fully saturated rings. The monoisotopic (exact) mass is 537 g/mol. The molecule has 9 heteroatoms. The summed E-state index contributed by atoms with van der Waals surface area (Å²) in [5.74, 6) is -0.201. The van der Waals surface area contributed by atoms with E-state index >= 15 is 0 Å². The molecule has 0 bridgehead atoms. The van der Waals surface area contributed by atoms with Crippen LogP contribution in [0.1, 0.15) is 25.8 Å². The standard InChI is InChI=1S/C29H35N3O5S/c1-4-20-30-29(34)23(2)31(21-19-24-11-7-5-8-12-24)28(33)22-32(25-15-17-26(37-3)18-16-25)38(35,36)27-13-9-6-10-14-27/h5-18,23H,4,19-22H2,1-3H3,(H,30,34)/t23-/m1/s1. The van der Waals surface area contributed by atoms with Gasteiger partial charge in [-0.05, 0) is 61.7 Å². The van der Waals surface area contributed by atoms with Gasteiger partial charge < -0.3 is 15.0 Å². The molecule has 0 aliphatic rings. The highest BCUT2D eigenvalue weighted by Gasteiger charge is 2.32. The minimum Gasteiger partial charge on any atom is -0.497 e. The molecule has 3 aromatic carbocycles. The summed E-state index contributed by atoms with van der Waals surface area (Å²) in [6.45, 7) is 3.89. The van der Waals surface area contributed by atoms with Gasteiger partial charge in [0.05, 0.1) is 17.7 Å². The van der Waals surface area contributed by atoms with Crippen molar-refractivity contribution in [3.63, 3.8) is 0 Å². The zero-order valence-corrected chi connectivity index (χ0v) is 22.9. The number of benzene rings is 3. The van der Waals surface area contributed by atoms with Gasteiger partial charge in [-0.2, -0.15) is 0 Å². The Morgan fingerprint density at radius 2 is 1.53 bits per heavy atom. The summed E-state index contributed by atoms with van der Waals surface area (Å²) in [6, 6.07) is 23.3. The number of carbonyl (C=O) groups is 2. The number of nitrogens with one attached hydrogen (secondary N) is 1. The number of sulfonamides is 1. The Kier molecular flexibility index (Phi) is 10.3. The van der Waals surface area contributed by atoms with Gasteiger partial charge in [0, 0.05) is 13.1 Å². The third kappa shape index (κ3) is 7.35. The predicted molar refractivity (Wildman–Crippen MR) is 149 cm³/mol. The van der Waals surface area contributed by atoms with Gasteiger partial charge in [-0.1, -0.05) is 55.5 Å². The molecule has 0 aliphatic heterocycles. The summed E-state index contributed by atoms with van der Waals surface area (Å²) in [4.78, 5) is 28.2. The molecule has 0 saturated carbocycles. The average Bonchev–Trinajstić information content (AvgIpc) is 2.95. The summed E-state index contributed by atoms with van der Waals surface area (Å²) in [5.41, 5.74) is 1.32. The van der Waals surface area contributed by atoms with E-state index in [9.17, 15) is 18.0 Å². The summed E-state index contributed by atoms with van der Waals surface area (Å²) in [6.07, 6.45) is 1.28. The topological polar surface area (TPSA) is 96.0 Å². The lowest BCUT2D eigenvalue weighted by Crippen LogP contribution is -2.52. The SMILES string of the molecule is CCCNC(=O)[C@@H](C)N(CCc1ccccc1)C(=O)CN(c1ccc(OC)cc1)S(=O)(=O)c1ccccc1. The van der Waals surface area contributed by atoms with Crippen LogP contribution in [0.25, 0.3) is 0 Å². The molecule has 0 radical (unpaired) electrons. The van der Waals surface area contributed by atoms with Gasteiger partial charge >= 0.3 is 0 Å². The van der Waals surface area contributed by atoms with Crippen LogP contribution in [0.4, 0.5) is 5.69 Å². The van der Waals surface area contributed by atoms with Crippen molar-refractivity contribution in [2.24, 2.45) is 0 Å². The molecule has 0 heterocycles. The maximum Gasteiger partial charge on any atom is 0.264 e. The summed E-state index contributed by atoms with van der Waals surface area (Å²) in [7, 11) is -2.56. The highest BCUT2D eigenvalue weighted by Crippen LogP contribution is 2.26. The van der Waals surface area contributed by atoms with Crippen molar-refractivity contribution in [1.82, 2.24) is 10.2 Å². The summed E-state index contributed by atoms with van der Waals surface area (Å²) >= 11 is 0. The molecule has 0 aliphatic carbocycles. The zero-order chi connectivity index (χ0) is 27.5. The molecule has 3 rings (SSSR count). The smallest absolute Gasteiger partial charge is 0.264 e. The van der Waals surface area contributed by atoms with Gasteiger partial charge in [0.25, 0.3) is 10.0 Å². The maximum atomic E-state index is 13.8. The molecular weight excluding hydrogens is 502 g/mol. The molecule has 1 atom stereocenters. The van der Waals surface area contributed by atoms with Gasteiger partial charge in [-0.15, -0.1) is 0 Å². The molecule has 0 aromatic heterocycles. The van der Waals surface area contributed by atoms with Crippen LogP contribution >= 0.6 is 0 Å². The van der Waals surface area contributed by atoms with Crippen molar-refractivity contribution in [3.05, 3.63) is 90.5 Å². The fourth-order valence-electron chi connectivity index (χ4n) is 3.96. The molecule has 8 nitrogen and oxygen atoms in total. The van der Waals surface area contributed by atoms with Gasteiger partial charge in [0.15, 0.2) is 0 Å². The van der Waals surface area contributed by atoms with Gasteiger partial charge in [-0.3, -0.25) is 13.9 Å². The van der Waals surface area contributed by atoms with Crippen molar-refractivity contribution in [3.8, 4) is 5.75 Å². The van der Waals surface area contributed by atoms with Gasteiger partial charge in [0.1, 0.15) is 18.3 Å². The molecule has 1 N–H and O–H groups in total. The van der Waals surface area contributed by atoms with E-state index in [0.717, 1.165) is 16.3 Å². The largest absolute Gasteiger partial charge is 0.497 e. The number of rotatable bonds is 13. The first kappa shape index (κ1) is 28.7. The Bertz CT molecular complexity index is 1280. The Labute approximate surface area is 225 Å². The Hall–Kier alpha value is -3.85. The fourth-order valence-corrected chi connectivity index (χ4v) is 5.40. The second-order valence-electron chi connectivity index (χ2n) is 8.81. The number of ether oxygens (including phenoxy) is 1. The van der Waals surface area contributed by atoms with E-state index in [0.29, 0.717) is 24.4 Å². The Morgan fingerprint density at radius 1 is 0.921 bits per heavy atom. The molecule has 2 amide bonds. The minimum absolute atomic E-state index is 0.0631. The molecular formula is C29H35N3O5S. The van der Waals surface area contributed by atoms with Gasteiger partial charge in [0.2, 0.25) is 11.8 Å². The van der Waals surface area contributed by atoms with E-state index in [1.165, 1.54) is 24.1 Å². The number of anilines is 1. The zero-order valence-electron chi connectivity index (χ0n) is 22.0. The number of nitrogens with zero attached hydrogens (tertiary/aromatic N) is 2. The van der Waals surface area contributed by atoms with Crippen LogP contribution in [0.3, 0.4) is 0 Å². The second kappa shape index (κ2) is 13.6. The van der Waals surface area contributed by atoms with Crippen molar-refractivity contribution in [2.75, 3.05) is 31.0 Å². The third-order valence-corrected chi connectivity index (χ3v) is 7.96. The van der Waals surface area contributed by atoms with Gasteiger partial charge in [-0.25, -0.2) is 8.42 Å². The third-order valence-electron chi connectivity index (χ3n) is 6.17. The maximum absolute atomic E-state index is 13.8. The number of methoxy groups -OCH3 is 1. The van der Waals surface area contributed by atoms with E-state index in [2.05, 4.69) is 5.32 Å². The minimum atomic E-state index is -4.09. The highest BCUT2D eigenvalue weighted by atomic mass is 32.2. The fraction of sp³-hybridized carbons (Fsp3) is 0.310. The Morgan fingerprint density at radius 3 is 2.11 bits per heavy atom. The van der Waals surface area contributed by atoms with Crippen molar-refractivity contribution >= 4 is 27.5 Å². The van der Waals surface area contributed by atoms with Crippen LogP contribution in [0, 0.1) is 0 Å². The average molecular weight is 538 g/mol. The van der Waals surface area contributed by atoms with Crippen LogP contribution in [-0.4, -0.2) is 57.9 Å². The first-order chi connectivity index (χ1) is 18.3. The van der Waals surface area contributed by atoms with E-state index in [-0.39, 0.29) is 17.3 Å². The van der Waals surface area contributed by atoms with Crippen LogP contribution in [-0.2, 0) is 26.0 Å². The molecule has 0 spiro atoms. The molecule has 0 unspecified atom stereocenters. The normalized spacial score (nSPS) is 11.9. The first-order valence-electron chi connectivity index (χ1n) is 12.6. The summed E-state index contributed by atoms with van der Waals surface area (Å²) < 4.78 is 33.7. The Balaban J connectivity index is 1.95. The second-order valence-corrected chi connectivity index (χ2v) is 10.7. The number of amides is 2. The van der Waals surface area contributed by atoms with Crippen LogP contribution < -0.4 is 14.4 Å². The van der Waals surface area contributed by atoms with Crippen molar-refractivity contribution < 1.29 is 22.7 Å². The quantitative estimate of drug-likeness (QED) is 0.357. The lowest BCUT2D eigenvalue weighted by Gasteiger charge is -2.32. The van der Waals surface area contributed by atoms with Crippen molar-refractivity contribution in [2.45, 2.75) is 37.6 Å². The van der Waals surface area contributed by atoms with E-state index in [1.54, 1.807) is 49.4 Å². The summed E-state index contributed by atoms with van der Waals surface area (Å²) in [5, 5.41) is 2.84. The molecule has 38 heavy (non-hydrogen) atoms. The van der Waals surface area contributed by atoms with E-state index in [4.69, 9.17) is 4.74 Å². The van der Waals surface area contributed by atoms with Crippen molar-refractivity contribution in [1.29, 1.82) is 0 Å². The lowest BCUT2D eigenvalue weighted by molar-refractivity contribution is -0.138. The van der Waals surface area contributed by atoms with Crippen LogP contribution in [0.5, 0.6) is 5.75 Å². The number of hydrogen-bond donors (Lipinski definition) is 1. The van der Waals surface area contributed by atoms with E-state index < -0.39 is 28.5 Å².